The zero-order valence-corrected chi connectivity index (χ0v) is 12.6. The second-order valence-corrected chi connectivity index (χ2v) is 4.31. The van der Waals surface area contributed by atoms with Crippen LogP contribution in [0.2, 0.25) is 0 Å². The van der Waals surface area contributed by atoms with Crippen molar-refractivity contribution in [3.63, 3.8) is 0 Å². The molecule has 90 valence electrons. The Hall–Kier alpha value is -0.630. The number of thiazole rings is 1. The average Bonchev–Trinajstić information content (AvgIpc) is 2.58. The van der Waals surface area contributed by atoms with Crippen LogP contribution in [0.25, 0.3) is 0 Å². The van der Waals surface area contributed by atoms with E-state index in [1.165, 1.54) is 0 Å². The van der Waals surface area contributed by atoms with E-state index >= 15 is 0 Å². The molecule has 1 aromatic rings. The molecule has 4 nitrogen and oxygen atoms in total. The normalized spacial score (nSPS) is 10.8. The fourth-order valence-electron chi connectivity index (χ4n) is 0.932. The lowest BCUT2D eigenvalue weighted by molar-refractivity contribution is 0.941. The predicted octanol–water partition coefficient (Wildman–Crippen LogP) is 2.05. The molecule has 0 atom stereocenters. The van der Waals surface area contributed by atoms with E-state index in [-0.39, 0.29) is 24.0 Å². The maximum Gasteiger partial charge on any atom is 0.189 e. The van der Waals surface area contributed by atoms with Crippen LogP contribution in [0.1, 0.15) is 17.5 Å². The first-order valence-corrected chi connectivity index (χ1v) is 5.54. The molecule has 0 saturated carbocycles. The van der Waals surface area contributed by atoms with Gasteiger partial charge in [-0.25, -0.2) is 9.98 Å². The third-order valence-corrected chi connectivity index (χ3v) is 2.73. The summed E-state index contributed by atoms with van der Waals surface area (Å²) in [6.07, 6.45) is 0. The highest BCUT2D eigenvalue weighted by Gasteiger charge is 1.99. The first kappa shape index (κ1) is 15.4. The van der Waals surface area contributed by atoms with Crippen LogP contribution in [-0.4, -0.2) is 17.5 Å². The maximum absolute atomic E-state index is 5.67. The third-order valence-electron chi connectivity index (χ3n) is 1.81. The van der Waals surface area contributed by atoms with E-state index in [2.05, 4.69) is 21.9 Å². The number of hydrogen-bond donors (Lipinski definition) is 2. The first-order valence-electron chi connectivity index (χ1n) is 4.66. The van der Waals surface area contributed by atoms with Crippen LogP contribution >= 0.6 is 35.3 Å². The van der Waals surface area contributed by atoms with E-state index < -0.39 is 0 Å². The van der Waals surface area contributed by atoms with E-state index in [4.69, 9.17) is 5.73 Å². The van der Waals surface area contributed by atoms with Crippen molar-refractivity contribution in [1.29, 1.82) is 0 Å². The molecule has 0 spiro atoms. The van der Waals surface area contributed by atoms with Crippen molar-refractivity contribution in [2.24, 2.45) is 10.7 Å². The summed E-state index contributed by atoms with van der Waals surface area (Å²) in [5.41, 5.74) is 9.54. The second kappa shape index (κ2) is 7.61. The summed E-state index contributed by atoms with van der Waals surface area (Å²) in [5.74, 6) is 0.450. The van der Waals surface area contributed by atoms with Crippen LogP contribution in [0.3, 0.4) is 0 Å². The minimum Gasteiger partial charge on any atom is -0.370 e. The zero-order valence-electron chi connectivity index (χ0n) is 9.49. The SMILES string of the molecule is C=C(C)CNC(N)=NCc1scnc1C.I. The smallest absolute Gasteiger partial charge is 0.189 e. The van der Waals surface area contributed by atoms with Gasteiger partial charge in [0.25, 0.3) is 0 Å². The van der Waals surface area contributed by atoms with Crippen LogP contribution in [0.5, 0.6) is 0 Å². The molecule has 0 radical (unpaired) electrons. The van der Waals surface area contributed by atoms with Crippen molar-refractivity contribution >= 4 is 41.3 Å². The van der Waals surface area contributed by atoms with Gasteiger partial charge < -0.3 is 11.1 Å². The molecular weight excluding hydrogens is 335 g/mol. The number of nitrogens with one attached hydrogen (secondary N) is 1. The number of guanidine groups is 1. The molecule has 0 aromatic carbocycles. The fraction of sp³-hybridized carbons (Fsp3) is 0.400. The standard InChI is InChI=1S/C10H16N4S.HI/c1-7(2)4-12-10(11)13-5-9-8(3)14-6-15-9;/h6H,1,4-5H2,2-3H3,(H3,11,12,13);1H. The van der Waals surface area contributed by atoms with E-state index in [1.54, 1.807) is 11.3 Å². The van der Waals surface area contributed by atoms with Gasteiger partial charge in [0.05, 0.1) is 17.7 Å². The van der Waals surface area contributed by atoms with Gasteiger partial charge in [-0.2, -0.15) is 0 Å². The van der Waals surface area contributed by atoms with E-state index in [0.717, 1.165) is 16.1 Å². The molecule has 1 rings (SSSR count). The molecule has 0 aliphatic heterocycles. The van der Waals surface area contributed by atoms with Gasteiger partial charge in [-0.05, 0) is 13.8 Å². The van der Waals surface area contributed by atoms with Gasteiger partial charge in [0, 0.05) is 11.4 Å². The highest BCUT2D eigenvalue weighted by atomic mass is 127. The molecule has 0 unspecified atom stereocenters. The van der Waals surface area contributed by atoms with Gasteiger partial charge in [0.2, 0.25) is 0 Å². The lowest BCUT2D eigenvalue weighted by Gasteiger charge is -2.04. The minimum atomic E-state index is 0. The number of halogens is 1. The monoisotopic (exact) mass is 352 g/mol. The topological polar surface area (TPSA) is 63.3 Å². The number of aliphatic imine (C=N–C) groups is 1. The van der Waals surface area contributed by atoms with Crippen molar-refractivity contribution in [2.45, 2.75) is 20.4 Å². The molecule has 3 N–H and O–H groups in total. The fourth-order valence-corrected chi connectivity index (χ4v) is 1.63. The molecule has 0 saturated heterocycles. The minimum absolute atomic E-state index is 0. The number of aryl methyl sites for hydroxylation is 1. The number of rotatable bonds is 4. The van der Waals surface area contributed by atoms with Gasteiger partial charge in [-0.15, -0.1) is 35.3 Å². The third kappa shape index (κ3) is 5.45. The Morgan fingerprint density at radius 2 is 2.38 bits per heavy atom. The maximum atomic E-state index is 5.67. The van der Waals surface area contributed by atoms with Gasteiger partial charge >= 0.3 is 0 Å². The molecule has 1 heterocycles. The number of hydrogen-bond acceptors (Lipinski definition) is 3. The van der Waals surface area contributed by atoms with Crippen molar-refractivity contribution in [1.82, 2.24) is 10.3 Å². The molecule has 0 amide bonds. The van der Waals surface area contributed by atoms with Crippen LogP contribution in [-0.2, 0) is 6.54 Å². The summed E-state index contributed by atoms with van der Waals surface area (Å²) in [6, 6.07) is 0. The first-order chi connectivity index (χ1) is 7.09. The van der Waals surface area contributed by atoms with Crippen molar-refractivity contribution in [3.05, 3.63) is 28.2 Å². The average molecular weight is 352 g/mol. The Bertz CT molecular complexity index is 373. The Kier molecular flexibility index (Phi) is 7.31. The predicted molar refractivity (Wildman–Crippen MR) is 80.4 cm³/mol. The quantitative estimate of drug-likeness (QED) is 0.377. The van der Waals surface area contributed by atoms with Crippen molar-refractivity contribution in [3.8, 4) is 0 Å². The molecule has 1 aromatic heterocycles. The molecule has 0 aliphatic carbocycles. The Labute approximate surface area is 117 Å². The molecule has 6 heteroatoms. The summed E-state index contributed by atoms with van der Waals surface area (Å²) >= 11 is 1.60. The summed E-state index contributed by atoms with van der Waals surface area (Å²) in [4.78, 5) is 9.50. The summed E-state index contributed by atoms with van der Waals surface area (Å²) in [6.45, 7) is 8.93. The van der Waals surface area contributed by atoms with Crippen LogP contribution in [0, 0.1) is 6.92 Å². The van der Waals surface area contributed by atoms with Gasteiger partial charge in [-0.1, -0.05) is 12.2 Å². The lowest BCUT2D eigenvalue weighted by atomic mass is 10.3. The largest absolute Gasteiger partial charge is 0.370 e. The van der Waals surface area contributed by atoms with Crippen molar-refractivity contribution in [2.75, 3.05) is 6.54 Å². The zero-order chi connectivity index (χ0) is 11.3. The van der Waals surface area contributed by atoms with Crippen LogP contribution in [0.4, 0.5) is 0 Å². The highest BCUT2D eigenvalue weighted by molar-refractivity contribution is 14.0. The Morgan fingerprint density at radius 1 is 1.69 bits per heavy atom. The second-order valence-electron chi connectivity index (χ2n) is 3.37. The molecule has 0 bridgehead atoms. The van der Waals surface area contributed by atoms with E-state index in [0.29, 0.717) is 19.0 Å². The highest BCUT2D eigenvalue weighted by Crippen LogP contribution is 2.12. The van der Waals surface area contributed by atoms with Crippen molar-refractivity contribution < 1.29 is 0 Å². The van der Waals surface area contributed by atoms with Crippen LogP contribution in [0.15, 0.2) is 22.7 Å². The summed E-state index contributed by atoms with van der Waals surface area (Å²) in [5, 5.41) is 2.98. The number of nitrogens with zero attached hydrogens (tertiary/aromatic N) is 2. The van der Waals surface area contributed by atoms with Gasteiger partial charge in [-0.3, -0.25) is 0 Å². The Balaban J connectivity index is 0.00000225. The Morgan fingerprint density at radius 3 is 2.88 bits per heavy atom. The lowest BCUT2D eigenvalue weighted by Crippen LogP contribution is -2.32. The molecular formula is C10H17IN4S. The van der Waals surface area contributed by atoms with Gasteiger partial charge in [0.15, 0.2) is 5.96 Å². The number of nitrogens with two attached hydrogens (primary N) is 1. The van der Waals surface area contributed by atoms with E-state index in [1.807, 2.05) is 19.4 Å². The molecule has 16 heavy (non-hydrogen) atoms. The number of aromatic nitrogens is 1. The summed E-state index contributed by atoms with van der Waals surface area (Å²) in [7, 11) is 0. The summed E-state index contributed by atoms with van der Waals surface area (Å²) < 4.78 is 0. The van der Waals surface area contributed by atoms with Gasteiger partial charge in [0.1, 0.15) is 0 Å². The molecule has 0 fully saturated rings. The van der Waals surface area contributed by atoms with Crippen LogP contribution < -0.4 is 11.1 Å². The molecule has 0 aliphatic rings. The van der Waals surface area contributed by atoms with E-state index in [9.17, 15) is 0 Å².